The van der Waals surface area contributed by atoms with Crippen LogP contribution in [0.2, 0.25) is 0 Å². The molecule has 0 saturated heterocycles. The third-order valence-corrected chi connectivity index (χ3v) is 5.58. The molecule has 0 spiro atoms. The van der Waals surface area contributed by atoms with E-state index in [0.29, 0.717) is 5.39 Å². The SMILES string of the molecule is CC(Sc1nc(C(F)(F)F)nc2ccccc12)C(=O)Nc1sccc1C(N)=O. The van der Waals surface area contributed by atoms with Gasteiger partial charge in [0.2, 0.25) is 11.7 Å². The molecule has 1 unspecified atom stereocenters. The smallest absolute Gasteiger partial charge is 0.366 e. The number of halogens is 3. The first kappa shape index (κ1) is 20.1. The number of para-hydroxylation sites is 1. The van der Waals surface area contributed by atoms with E-state index in [4.69, 9.17) is 5.73 Å². The van der Waals surface area contributed by atoms with Crippen LogP contribution in [0.15, 0.2) is 40.7 Å². The number of carbonyl (C=O) groups excluding carboxylic acids is 2. The lowest BCUT2D eigenvalue weighted by molar-refractivity contribution is -0.145. The van der Waals surface area contributed by atoms with Crippen LogP contribution in [0.5, 0.6) is 0 Å². The van der Waals surface area contributed by atoms with E-state index < -0.39 is 29.1 Å². The molecule has 1 aromatic carbocycles. The third kappa shape index (κ3) is 4.25. The maximum Gasteiger partial charge on any atom is 0.451 e. The van der Waals surface area contributed by atoms with Crippen LogP contribution in [0, 0.1) is 0 Å². The molecular weight excluding hydrogens is 413 g/mol. The van der Waals surface area contributed by atoms with Crippen molar-refractivity contribution < 1.29 is 22.8 Å². The van der Waals surface area contributed by atoms with Gasteiger partial charge < -0.3 is 11.1 Å². The van der Waals surface area contributed by atoms with Crippen LogP contribution in [-0.4, -0.2) is 27.0 Å². The first-order valence-corrected chi connectivity index (χ1v) is 9.61. The Morgan fingerprint density at radius 1 is 1.21 bits per heavy atom. The number of nitrogens with two attached hydrogens (primary N) is 1. The molecule has 6 nitrogen and oxygen atoms in total. The second-order valence-electron chi connectivity index (χ2n) is 5.64. The van der Waals surface area contributed by atoms with E-state index in [2.05, 4.69) is 15.3 Å². The summed E-state index contributed by atoms with van der Waals surface area (Å²) in [5.74, 6) is -2.45. The molecule has 0 fully saturated rings. The van der Waals surface area contributed by atoms with E-state index in [1.54, 1.807) is 23.6 Å². The summed E-state index contributed by atoms with van der Waals surface area (Å²) in [6.07, 6.45) is -4.71. The molecule has 0 saturated carbocycles. The van der Waals surface area contributed by atoms with Crippen molar-refractivity contribution in [2.45, 2.75) is 23.4 Å². The average Bonchev–Trinajstić information content (AvgIpc) is 3.09. The Balaban J connectivity index is 1.88. The lowest BCUT2D eigenvalue weighted by Gasteiger charge is -2.14. The minimum absolute atomic E-state index is 0.0434. The van der Waals surface area contributed by atoms with E-state index in [0.717, 1.165) is 23.1 Å². The van der Waals surface area contributed by atoms with E-state index in [-0.39, 0.29) is 21.1 Å². The topological polar surface area (TPSA) is 98.0 Å². The Kier molecular flexibility index (Phi) is 5.57. The normalized spacial score (nSPS) is 12.7. The maximum atomic E-state index is 13.1. The highest BCUT2D eigenvalue weighted by molar-refractivity contribution is 8.00. The number of amides is 2. The summed E-state index contributed by atoms with van der Waals surface area (Å²) >= 11 is 1.99. The summed E-state index contributed by atoms with van der Waals surface area (Å²) in [6.45, 7) is 1.53. The molecule has 0 aliphatic heterocycles. The van der Waals surface area contributed by atoms with Crippen molar-refractivity contribution in [1.82, 2.24) is 9.97 Å². The van der Waals surface area contributed by atoms with Crippen molar-refractivity contribution in [3.05, 3.63) is 47.1 Å². The zero-order chi connectivity index (χ0) is 20.5. The summed E-state index contributed by atoms with van der Waals surface area (Å²) in [6, 6.07) is 7.74. The van der Waals surface area contributed by atoms with Gasteiger partial charge >= 0.3 is 6.18 Å². The fourth-order valence-corrected chi connectivity index (χ4v) is 4.03. The van der Waals surface area contributed by atoms with Crippen molar-refractivity contribution in [2.24, 2.45) is 5.73 Å². The number of aromatic nitrogens is 2. The Bertz CT molecular complexity index is 1050. The molecule has 2 amide bonds. The van der Waals surface area contributed by atoms with Crippen LogP contribution in [0.3, 0.4) is 0 Å². The lowest BCUT2D eigenvalue weighted by Crippen LogP contribution is -2.24. The van der Waals surface area contributed by atoms with Crippen LogP contribution in [-0.2, 0) is 11.0 Å². The molecule has 146 valence electrons. The second kappa shape index (κ2) is 7.76. The fraction of sp³-hybridized carbons (Fsp3) is 0.176. The van der Waals surface area contributed by atoms with Crippen molar-refractivity contribution in [3.8, 4) is 0 Å². The molecule has 2 aromatic heterocycles. The van der Waals surface area contributed by atoms with Gasteiger partial charge in [0, 0.05) is 5.39 Å². The first-order chi connectivity index (χ1) is 13.2. The van der Waals surface area contributed by atoms with Crippen molar-refractivity contribution in [1.29, 1.82) is 0 Å². The predicted octanol–water partition coefficient (Wildman–Crippen LogP) is 3.93. The quantitative estimate of drug-likeness (QED) is 0.476. The van der Waals surface area contributed by atoms with E-state index in [9.17, 15) is 22.8 Å². The van der Waals surface area contributed by atoms with E-state index in [1.807, 2.05) is 0 Å². The molecule has 0 aliphatic rings. The molecule has 28 heavy (non-hydrogen) atoms. The molecule has 0 aliphatic carbocycles. The third-order valence-electron chi connectivity index (χ3n) is 3.65. The maximum absolute atomic E-state index is 13.1. The minimum Gasteiger partial charge on any atom is -0.366 e. The van der Waals surface area contributed by atoms with Gasteiger partial charge in [0.1, 0.15) is 10.0 Å². The number of primary amides is 1. The number of thiophene rings is 1. The molecule has 1 atom stereocenters. The number of nitrogens with zero attached hydrogens (tertiary/aromatic N) is 2. The summed E-state index contributed by atoms with van der Waals surface area (Å²) in [5, 5.41) is 4.13. The molecule has 2 heterocycles. The zero-order valence-electron chi connectivity index (χ0n) is 14.3. The Hall–Kier alpha value is -2.66. The highest BCUT2D eigenvalue weighted by Gasteiger charge is 2.36. The number of hydrogen-bond acceptors (Lipinski definition) is 6. The molecule has 3 rings (SSSR count). The second-order valence-corrected chi connectivity index (χ2v) is 7.89. The van der Waals surface area contributed by atoms with Crippen molar-refractivity contribution >= 4 is 50.8 Å². The largest absolute Gasteiger partial charge is 0.451 e. The van der Waals surface area contributed by atoms with Gasteiger partial charge in [0.15, 0.2) is 0 Å². The van der Waals surface area contributed by atoms with Gasteiger partial charge in [-0.1, -0.05) is 30.0 Å². The van der Waals surface area contributed by atoms with Crippen molar-refractivity contribution in [2.75, 3.05) is 5.32 Å². The summed E-state index contributed by atoms with van der Waals surface area (Å²) in [7, 11) is 0. The van der Waals surface area contributed by atoms with Gasteiger partial charge in [-0.25, -0.2) is 9.97 Å². The van der Waals surface area contributed by atoms with Gasteiger partial charge in [0.05, 0.1) is 16.3 Å². The van der Waals surface area contributed by atoms with E-state index in [1.165, 1.54) is 19.1 Å². The molecule has 11 heteroatoms. The van der Waals surface area contributed by atoms with Gasteiger partial charge in [-0.05, 0) is 24.4 Å². The Labute approximate surface area is 165 Å². The van der Waals surface area contributed by atoms with E-state index >= 15 is 0 Å². The van der Waals surface area contributed by atoms with Crippen LogP contribution in [0.25, 0.3) is 10.9 Å². The number of thioether (sulfide) groups is 1. The standard InChI is InChI=1S/C17H13F3N4O2S2/c1-8(13(26)23-14-10(12(21)25)6-7-27-14)28-15-9-4-2-3-5-11(9)22-16(24-15)17(18,19)20/h2-8H,1H3,(H2,21,25)(H,23,26). The number of anilines is 1. The Morgan fingerprint density at radius 3 is 2.61 bits per heavy atom. The number of rotatable bonds is 5. The highest BCUT2D eigenvalue weighted by Crippen LogP contribution is 2.34. The Morgan fingerprint density at radius 2 is 1.93 bits per heavy atom. The first-order valence-electron chi connectivity index (χ1n) is 7.85. The minimum atomic E-state index is -4.71. The summed E-state index contributed by atoms with van der Waals surface area (Å²) in [4.78, 5) is 31.0. The van der Waals surface area contributed by atoms with Gasteiger partial charge in [-0.2, -0.15) is 13.2 Å². The van der Waals surface area contributed by atoms with Gasteiger partial charge in [0.25, 0.3) is 5.91 Å². The summed E-state index contributed by atoms with van der Waals surface area (Å²) in [5.41, 5.74) is 5.54. The van der Waals surface area contributed by atoms with Crippen LogP contribution in [0.1, 0.15) is 23.1 Å². The number of fused-ring (bicyclic) bond motifs is 1. The van der Waals surface area contributed by atoms with Gasteiger partial charge in [-0.15, -0.1) is 11.3 Å². The summed E-state index contributed by atoms with van der Waals surface area (Å²) < 4.78 is 39.3. The molecule has 0 bridgehead atoms. The number of hydrogen-bond donors (Lipinski definition) is 2. The van der Waals surface area contributed by atoms with Gasteiger partial charge in [-0.3, -0.25) is 9.59 Å². The molecular formula is C17H13F3N4O2S2. The lowest BCUT2D eigenvalue weighted by atomic mass is 10.2. The van der Waals surface area contributed by atoms with Crippen LogP contribution in [0.4, 0.5) is 18.2 Å². The molecule has 3 N–H and O–H groups in total. The molecule has 3 aromatic rings. The van der Waals surface area contributed by atoms with Crippen LogP contribution < -0.4 is 11.1 Å². The van der Waals surface area contributed by atoms with Crippen molar-refractivity contribution in [3.63, 3.8) is 0 Å². The monoisotopic (exact) mass is 426 g/mol. The highest BCUT2D eigenvalue weighted by atomic mass is 32.2. The number of nitrogens with one attached hydrogen (secondary N) is 1. The number of benzene rings is 1. The average molecular weight is 426 g/mol. The number of carbonyl (C=O) groups is 2. The fourth-order valence-electron chi connectivity index (χ4n) is 2.30. The zero-order valence-corrected chi connectivity index (χ0v) is 15.9. The number of alkyl halides is 3. The predicted molar refractivity (Wildman–Crippen MR) is 101 cm³/mol. The van der Waals surface area contributed by atoms with Crippen LogP contribution >= 0.6 is 23.1 Å². The molecule has 0 radical (unpaired) electrons.